The first-order chi connectivity index (χ1) is 8.11. The molecule has 0 bridgehead atoms. The fourth-order valence-corrected chi connectivity index (χ4v) is 1.56. The quantitative estimate of drug-likeness (QED) is 0.804. The minimum Gasteiger partial charge on any atom is -0.484 e. The van der Waals surface area contributed by atoms with Gasteiger partial charge in [-0.15, -0.1) is 0 Å². The van der Waals surface area contributed by atoms with E-state index < -0.39 is 0 Å². The van der Waals surface area contributed by atoms with Crippen molar-refractivity contribution >= 4 is 5.91 Å². The molecule has 1 fully saturated rings. The van der Waals surface area contributed by atoms with Gasteiger partial charge in [0.05, 0.1) is 0 Å². The van der Waals surface area contributed by atoms with Crippen LogP contribution >= 0.6 is 0 Å². The van der Waals surface area contributed by atoms with Crippen molar-refractivity contribution in [2.24, 2.45) is 5.73 Å². The topological polar surface area (TPSA) is 64.3 Å². The first kappa shape index (κ1) is 11.9. The van der Waals surface area contributed by atoms with Gasteiger partial charge in [-0.2, -0.15) is 0 Å². The number of amides is 1. The number of hydrogen-bond acceptors (Lipinski definition) is 3. The average Bonchev–Trinajstić information content (AvgIpc) is 3.05. The summed E-state index contributed by atoms with van der Waals surface area (Å²) in [6.45, 7) is 2.62. The molecule has 0 radical (unpaired) electrons. The average molecular weight is 234 g/mol. The second kappa shape index (κ2) is 4.75. The Balaban J connectivity index is 1.78. The van der Waals surface area contributed by atoms with Gasteiger partial charge in [0.1, 0.15) is 5.75 Å². The van der Waals surface area contributed by atoms with Gasteiger partial charge in [0.2, 0.25) is 0 Å². The minimum absolute atomic E-state index is 0.0177. The predicted octanol–water partition coefficient (Wildman–Crippen LogP) is 1.19. The molecule has 0 unspecified atom stereocenters. The Kier molecular flexibility index (Phi) is 3.33. The van der Waals surface area contributed by atoms with E-state index in [1.165, 1.54) is 0 Å². The van der Waals surface area contributed by atoms with Crippen molar-refractivity contribution in [3.63, 3.8) is 0 Å². The number of rotatable bonds is 5. The van der Waals surface area contributed by atoms with Gasteiger partial charge in [-0.05, 0) is 37.5 Å². The molecule has 1 aromatic rings. The van der Waals surface area contributed by atoms with Gasteiger partial charge in [-0.3, -0.25) is 4.79 Å². The van der Waals surface area contributed by atoms with E-state index in [4.69, 9.17) is 10.5 Å². The van der Waals surface area contributed by atoms with Gasteiger partial charge in [-0.25, -0.2) is 0 Å². The van der Waals surface area contributed by atoms with Crippen LogP contribution in [0, 0.1) is 0 Å². The molecule has 0 aliphatic heterocycles. The Morgan fingerprint density at radius 2 is 2.06 bits per heavy atom. The molecule has 92 valence electrons. The molecular weight excluding hydrogens is 216 g/mol. The fraction of sp³-hybridized carbons (Fsp3) is 0.462. The molecule has 1 saturated carbocycles. The van der Waals surface area contributed by atoms with E-state index in [-0.39, 0.29) is 18.1 Å². The van der Waals surface area contributed by atoms with Crippen LogP contribution in [0.15, 0.2) is 24.3 Å². The van der Waals surface area contributed by atoms with Gasteiger partial charge in [0, 0.05) is 12.1 Å². The van der Waals surface area contributed by atoms with E-state index in [0.29, 0.717) is 12.3 Å². The molecule has 0 atom stereocenters. The molecule has 0 aromatic heterocycles. The smallest absolute Gasteiger partial charge is 0.258 e. The minimum atomic E-state index is -0.0621. The van der Waals surface area contributed by atoms with Crippen LogP contribution < -0.4 is 15.8 Å². The second-order valence-corrected chi connectivity index (χ2v) is 4.75. The highest BCUT2D eigenvalue weighted by Gasteiger charge is 2.38. The lowest BCUT2D eigenvalue weighted by atomic mass is 10.2. The summed E-state index contributed by atoms with van der Waals surface area (Å²) >= 11 is 0. The van der Waals surface area contributed by atoms with Crippen LogP contribution in [-0.4, -0.2) is 18.1 Å². The van der Waals surface area contributed by atoms with E-state index in [1.54, 1.807) is 0 Å². The highest BCUT2D eigenvalue weighted by molar-refractivity contribution is 5.78. The standard InChI is InChI=1S/C13H18N2O2/c1-13(6-7-13)15-12(16)9-17-11-4-2-10(8-14)3-5-11/h2-5H,6-9,14H2,1H3,(H,15,16). The number of benzene rings is 1. The molecule has 1 amide bonds. The highest BCUT2D eigenvalue weighted by atomic mass is 16.5. The molecule has 4 nitrogen and oxygen atoms in total. The normalized spacial score (nSPS) is 16.4. The van der Waals surface area contributed by atoms with Crippen molar-refractivity contribution in [1.29, 1.82) is 0 Å². The predicted molar refractivity (Wildman–Crippen MR) is 65.6 cm³/mol. The summed E-state index contributed by atoms with van der Waals surface area (Å²) in [5.41, 5.74) is 6.56. The first-order valence-electron chi connectivity index (χ1n) is 5.84. The summed E-state index contributed by atoms with van der Waals surface area (Å²) in [6.07, 6.45) is 2.12. The monoisotopic (exact) mass is 234 g/mol. The molecular formula is C13H18N2O2. The number of nitrogens with two attached hydrogens (primary N) is 1. The Bertz CT molecular complexity index is 396. The maximum atomic E-state index is 11.5. The number of hydrogen-bond donors (Lipinski definition) is 2. The van der Waals surface area contributed by atoms with Gasteiger partial charge in [-0.1, -0.05) is 12.1 Å². The van der Waals surface area contributed by atoms with Gasteiger partial charge < -0.3 is 15.8 Å². The lowest BCUT2D eigenvalue weighted by molar-refractivity contribution is -0.123. The second-order valence-electron chi connectivity index (χ2n) is 4.75. The molecule has 0 heterocycles. The third-order valence-electron chi connectivity index (χ3n) is 2.97. The van der Waals surface area contributed by atoms with Crippen molar-refractivity contribution in [2.75, 3.05) is 6.61 Å². The first-order valence-corrected chi connectivity index (χ1v) is 5.84. The molecule has 0 saturated heterocycles. The molecule has 1 aliphatic carbocycles. The number of ether oxygens (including phenoxy) is 1. The molecule has 3 N–H and O–H groups in total. The number of nitrogens with one attached hydrogen (secondary N) is 1. The van der Waals surface area contributed by atoms with Crippen LogP contribution in [0.25, 0.3) is 0 Å². The zero-order valence-electron chi connectivity index (χ0n) is 10.0. The van der Waals surface area contributed by atoms with Crippen molar-refractivity contribution in [3.05, 3.63) is 29.8 Å². The van der Waals surface area contributed by atoms with Crippen molar-refractivity contribution < 1.29 is 9.53 Å². The molecule has 1 aromatic carbocycles. The van der Waals surface area contributed by atoms with E-state index in [9.17, 15) is 4.79 Å². The van der Waals surface area contributed by atoms with Crippen molar-refractivity contribution in [2.45, 2.75) is 31.8 Å². The third-order valence-corrected chi connectivity index (χ3v) is 2.97. The largest absolute Gasteiger partial charge is 0.484 e. The third kappa shape index (κ3) is 3.46. The lowest BCUT2D eigenvalue weighted by Gasteiger charge is -2.12. The molecule has 4 heteroatoms. The lowest BCUT2D eigenvalue weighted by Crippen LogP contribution is -2.37. The molecule has 1 aliphatic rings. The Labute approximate surface area is 101 Å². The zero-order valence-corrected chi connectivity index (χ0v) is 10.0. The van der Waals surface area contributed by atoms with Crippen LogP contribution in [0.3, 0.4) is 0 Å². The Morgan fingerprint density at radius 1 is 1.41 bits per heavy atom. The van der Waals surface area contributed by atoms with Crippen LogP contribution in [0.2, 0.25) is 0 Å². The summed E-state index contributed by atoms with van der Waals surface area (Å²) < 4.78 is 5.39. The van der Waals surface area contributed by atoms with E-state index >= 15 is 0 Å². The van der Waals surface area contributed by atoms with E-state index in [2.05, 4.69) is 5.32 Å². The fourth-order valence-electron chi connectivity index (χ4n) is 1.56. The van der Waals surface area contributed by atoms with Gasteiger partial charge in [0.15, 0.2) is 6.61 Å². The van der Waals surface area contributed by atoms with E-state index in [1.807, 2.05) is 31.2 Å². The van der Waals surface area contributed by atoms with Crippen LogP contribution in [-0.2, 0) is 11.3 Å². The maximum Gasteiger partial charge on any atom is 0.258 e. The molecule has 0 spiro atoms. The zero-order chi connectivity index (χ0) is 12.3. The number of carbonyl (C=O) groups is 1. The SMILES string of the molecule is CC1(NC(=O)COc2ccc(CN)cc2)CC1. The van der Waals surface area contributed by atoms with Gasteiger partial charge >= 0.3 is 0 Å². The van der Waals surface area contributed by atoms with Crippen LogP contribution in [0.5, 0.6) is 5.75 Å². The Morgan fingerprint density at radius 3 is 2.59 bits per heavy atom. The summed E-state index contributed by atoms with van der Waals surface area (Å²) in [5, 5.41) is 2.94. The summed E-state index contributed by atoms with van der Waals surface area (Å²) in [7, 11) is 0. The molecule has 17 heavy (non-hydrogen) atoms. The van der Waals surface area contributed by atoms with Crippen LogP contribution in [0.4, 0.5) is 0 Å². The van der Waals surface area contributed by atoms with Crippen molar-refractivity contribution in [3.8, 4) is 5.75 Å². The summed E-state index contributed by atoms with van der Waals surface area (Å²) in [6, 6.07) is 7.45. The maximum absolute atomic E-state index is 11.5. The van der Waals surface area contributed by atoms with Crippen molar-refractivity contribution in [1.82, 2.24) is 5.32 Å². The van der Waals surface area contributed by atoms with Crippen LogP contribution in [0.1, 0.15) is 25.3 Å². The van der Waals surface area contributed by atoms with Gasteiger partial charge in [0.25, 0.3) is 5.91 Å². The molecule has 2 rings (SSSR count). The summed E-state index contributed by atoms with van der Waals surface area (Å²) in [5.74, 6) is 0.631. The summed E-state index contributed by atoms with van der Waals surface area (Å²) in [4.78, 5) is 11.5. The highest BCUT2D eigenvalue weighted by Crippen LogP contribution is 2.34. The number of carbonyl (C=O) groups excluding carboxylic acids is 1. The Hall–Kier alpha value is -1.55. The van der Waals surface area contributed by atoms with E-state index in [0.717, 1.165) is 18.4 Å².